The Morgan fingerprint density at radius 1 is 1.17 bits per heavy atom. The molecule has 0 radical (unpaired) electrons. The van der Waals surface area contributed by atoms with Gasteiger partial charge in [-0.1, -0.05) is 19.4 Å². The minimum absolute atomic E-state index is 0.0134. The van der Waals surface area contributed by atoms with Crippen LogP contribution in [0.25, 0.3) is 0 Å². The summed E-state index contributed by atoms with van der Waals surface area (Å²) in [7, 11) is 0. The zero-order chi connectivity index (χ0) is 21.7. The Morgan fingerprint density at radius 2 is 1.87 bits per heavy atom. The highest BCUT2D eigenvalue weighted by Gasteiger charge is 2.68. The van der Waals surface area contributed by atoms with E-state index in [9.17, 15) is 19.8 Å². The first-order valence-corrected chi connectivity index (χ1v) is 11.4. The Morgan fingerprint density at radius 3 is 2.50 bits per heavy atom. The summed E-state index contributed by atoms with van der Waals surface area (Å²) in [6.45, 7) is 7.52. The lowest BCUT2D eigenvalue weighted by Gasteiger charge is -2.63. The maximum absolute atomic E-state index is 12.9. The molecule has 0 bridgehead atoms. The summed E-state index contributed by atoms with van der Waals surface area (Å²) in [6.07, 6.45) is 5.68. The number of hydrogen-bond acceptors (Lipinski definition) is 6. The second kappa shape index (κ2) is 6.25. The van der Waals surface area contributed by atoms with Gasteiger partial charge in [-0.2, -0.15) is 0 Å². The van der Waals surface area contributed by atoms with Gasteiger partial charge in [0.15, 0.2) is 11.6 Å². The highest BCUT2D eigenvalue weighted by atomic mass is 16.9. The molecular formula is C24H34O6. The molecule has 5 rings (SSSR count). The van der Waals surface area contributed by atoms with Gasteiger partial charge in [-0.25, -0.2) is 0 Å². The molecule has 2 N–H and O–H groups in total. The van der Waals surface area contributed by atoms with Gasteiger partial charge < -0.3 is 19.7 Å². The van der Waals surface area contributed by atoms with Crippen molar-refractivity contribution in [2.75, 3.05) is 6.61 Å². The SMILES string of the molecule is CC1(C)OC2(C[C@@]3(C)C(=CC2=O)CC[C@@H]2[C@@H]3[C@@H](O)C[C@]3(C)[C@@H](C(=O)CO)CC[C@@H]23)O1. The van der Waals surface area contributed by atoms with E-state index in [1.54, 1.807) is 6.08 Å². The van der Waals surface area contributed by atoms with Crippen LogP contribution in [0.5, 0.6) is 0 Å². The smallest absolute Gasteiger partial charge is 0.238 e. The Kier molecular flexibility index (Phi) is 4.33. The molecule has 3 saturated carbocycles. The summed E-state index contributed by atoms with van der Waals surface area (Å²) in [6, 6.07) is 0. The molecule has 0 aromatic heterocycles. The fraction of sp³-hybridized carbons (Fsp3) is 0.833. The summed E-state index contributed by atoms with van der Waals surface area (Å²) in [5, 5.41) is 20.9. The predicted molar refractivity (Wildman–Crippen MR) is 108 cm³/mol. The van der Waals surface area contributed by atoms with E-state index in [4.69, 9.17) is 9.47 Å². The number of hydrogen-bond donors (Lipinski definition) is 2. The first kappa shape index (κ1) is 20.8. The molecule has 6 heteroatoms. The summed E-state index contributed by atoms with van der Waals surface area (Å²) >= 11 is 0. The highest BCUT2D eigenvalue weighted by Crippen LogP contribution is 2.68. The number of aliphatic hydroxyl groups is 2. The third-order valence-electron chi connectivity index (χ3n) is 9.31. The Balaban J connectivity index is 1.50. The van der Waals surface area contributed by atoms with Gasteiger partial charge in [0.25, 0.3) is 0 Å². The molecular weight excluding hydrogens is 384 g/mol. The number of carbonyl (C=O) groups excluding carboxylic acids is 2. The van der Waals surface area contributed by atoms with E-state index in [2.05, 4.69) is 13.8 Å². The molecule has 0 amide bonds. The maximum Gasteiger partial charge on any atom is 0.238 e. The molecule has 30 heavy (non-hydrogen) atoms. The molecule has 0 aromatic carbocycles. The minimum Gasteiger partial charge on any atom is -0.393 e. The van der Waals surface area contributed by atoms with Crippen LogP contribution >= 0.6 is 0 Å². The Hall–Kier alpha value is -1.08. The Bertz CT molecular complexity index is 822. The molecule has 1 aliphatic heterocycles. The largest absolute Gasteiger partial charge is 0.393 e. The normalized spacial score (nSPS) is 48.3. The zero-order valence-corrected chi connectivity index (χ0v) is 18.4. The number of ether oxygens (including phenoxy) is 2. The number of aliphatic hydroxyl groups excluding tert-OH is 2. The van der Waals surface area contributed by atoms with Crippen LogP contribution in [0.1, 0.15) is 66.2 Å². The van der Waals surface area contributed by atoms with E-state index >= 15 is 0 Å². The standard InChI is InChI=1S/C24H34O6/c1-21(2)29-24(30-21)12-23(4)13(9-19(24)28)5-6-14-15-7-8-16(18(27)11-25)22(15,3)10-17(26)20(14)23/h9,14-17,20,25-26H,5-8,10-12H2,1-4H3/t14-,15-,16+,17-,20+,22-,23-/m0/s1. The molecule has 4 fully saturated rings. The van der Waals surface area contributed by atoms with Crippen molar-refractivity contribution in [3.8, 4) is 0 Å². The van der Waals surface area contributed by atoms with Crippen LogP contribution in [0.15, 0.2) is 11.6 Å². The summed E-state index contributed by atoms with van der Waals surface area (Å²) in [4.78, 5) is 25.3. The second-order valence-corrected chi connectivity index (χ2v) is 11.4. The lowest BCUT2D eigenvalue weighted by atomic mass is 9.45. The van der Waals surface area contributed by atoms with Crippen LogP contribution in [-0.4, -0.2) is 46.1 Å². The van der Waals surface area contributed by atoms with Crippen molar-refractivity contribution < 1.29 is 29.3 Å². The fourth-order valence-electron chi connectivity index (χ4n) is 8.39. The molecule has 1 saturated heterocycles. The molecule has 166 valence electrons. The van der Waals surface area contributed by atoms with Crippen molar-refractivity contribution in [3.05, 3.63) is 11.6 Å². The summed E-state index contributed by atoms with van der Waals surface area (Å²) in [5.74, 6) is -1.72. The van der Waals surface area contributed by atoms with E-state index in [0.29, 0.717) is 18.8 Å². The van der Waals surface area contributed by atoms with Gasteiger partial charge in [-0.15, -0.1) is 0 Å². The number of allylic oxidation sites excluding steroid dienone is 1. The van der Waals surface area contributed by atoms with E-state index in [1.165, 1.54) is 0 Å². The third-order valence-corrected chi connectivity index (χ3v) is 9.31. The third kappa shape index (κ3) is 2.57. The first-order chi connectivity index (χ1) is 14.0. The van der Waals surface area contributed by atoms with Gasteiger partial charge in [0.05, 0.1) is 6.10 Å². The topological polar surface area (TPSA) is 93.1 Å². The molecule has 0 unspecified atom stereocenters. The molecule has 7 atom stereocenters. The van der Waals surface area contributed by atoms with Gasteiger partial charge >= 0.3 is 0 Å². The quantitative estimate of drug-likeness (QED) is 0.716. The van der Waals surface area contributed by atoms with Gasteiger partial charge in [-0.05, 0) is 80.6 Å². The Labute approximate surface area is 178 Å². The lowest BCUT2D eigenvalue weighted by Crippen LogP contribution is -2.68. The van der Waals surface area contributed by atoms with E-state index in [-0.39, 0.29) is 40.2 Å². The number of carbonyl (C=O) groups is 2. The van der Waals surface area contributed by atoms with Crippen LogP contribution in [0.3, 0.4) is 0 Å². The molecule has 5 aliphatic rings. The second-order valence-electron chi connectivity index (χ2n) is 11.4. The predicted octanol–water partition coefficient (Wildman–Crippen LogP) is 2.76. The zero-order valence-electron chi connectivity index (χ0n) is 18.4. The maximum atomic E-state index is 12.9. The van der Waals surface area contributed by atoms with Crippen molar-refractivity contribution in [3.63, 3.8) is 0 Å². The summed E-state index contributed by atoms with van der Waals surface area (Å²) < 4.78 is 12.0. The summed E-state index contributed by atoms with van der Waals surface area (Å²) in [5.41, 5.74) is 0.471. The van der Waals surface area contributed by atoms with Gasteiger partial charge in [0.1, 0.15) is 6.61 Å². The molecule has 0 aromatic rings. The van der Waals surface area contributed by atoms with E-state index in [0.717, 1.165) is 31.3 Å². The van der Waals surface area contributed by atoms with E-state index < -0.39 is 24.3 Å². The molecule has 6 nitrogen and oxygen atoms in total. The first-order valence-electron chi connectivity index (χ1n) is 11.4. The van der Waals surface area contributed by atoms with Crippen LogP contribution in [-0.2, 0) is 19.1 Å². The van der Waals surface area contributed by atoms with Gasteiger partial charge in [0.2, 0.25) is 11.6 Å². The fourth-order valence-corrected chi connectivity index (χ4v) is 8.39. The monoisotopic (exact) mass is 418 g/mol. The minimum atomic E-state index is -1.23. The lowest BCUT2D eigenvalue weighted by molar-refractivity contribution is -0.482. The van der Waals surface area contributed by atoms with Crippen LogP contribution in [0.2, 0.25) is 0 Å². The average Bonchev–Trinajstić information content (AvgIpc) is 2.97. The molecule has 1 spiro atoms. The van der Waals surface area contributed by atoms with Crippen LogP contribution in [0.4, 0.5) is 0 Å². The van der Waals surface area contributed by atoms with Crippen molar-refractivity contribution in [1.82, 2.24) is 0 Å². The van der Waals surface area contributed by atoms with E-state index in [1.807, 2.05) is 13.8 Å². The van der Waals surface area contributed by atoms with Crippen LogP contribution in [0, 0.1) is 34.5 Å². The molecule has 1 heterocycles. The van der Waals surface area contributed by atoms with Gasteiger partial charge in [0, 0.05) is 12.3 Å². The van der Waals surface area contributed by atoms with Crippen molar-refractivity contribution in [2.45, 2.75) is 83.9 Å². The van der Waals surface area contributed by atoms with Crippen molar-refractivity contribution in [1.29, 1.82) is 0 Å². The number of rotatable bonds is 2. The van der Waals surface area contributed by atoms with Crippen LogP contribution < -0.4 is 0 Å². The van der Waals surface area contributed by atoms with Gasteiger partial charge in [-0.3, -0.25) is 9.59 Å². The number of Topliss-reactive ketones (excluding diaryl/α,β-unsaturated/α-hetero) is 1. The van der Waals surface area contributed by atoms with Crippen molar-refractivity contribution >= 4 is 11.6 Å². The number of ketones is 2. The van der Waals surface area contributed by atoms with Crippen molar-refractivity contribution in [2.24, 2.45) is 34.5 Å². The molecule has 4 aliphatic carbocycles. The average molecular weight is 419 g/mol. The highest BCUT2D eigenvalue weighted by molar-refractivity contribution is 5.98. The number of fused-ring (bicyclic) bond motifs is 5.